The maximum absolute atomic E-state index is 12.1. The van der Waals surface area contributed by atoms with Gasteiger partial charge in [0.1, 0.15) is 5.01 Å². The fourth-order valence-electron chi connectivity index (χ4n) is 1.92. The van der Waals surface area contributed by atoms with E-state index in [4.69, 9.17) is 11.6 Å². The molecular weight excluding hydrogens is 318 g/mol. The first-order valence-corrected chi connectivity index (χ1v) is 7.88. The van der Waals surface area contributed by atoms with E-state index >= 15 is 0 Å². The van der Waals surface area contributed by atoms with Crippen LogP contribution in [0.15, 0.2) is 54.0 Å². The van der Waals surface area contributed by atoms with Crippen molar-refractivity contribution in [3.63, 3.8) is 0 Å². The number of thiazole rings is 1. The molecule has 0 unspecified atom stereocenters. The summed E-state index contributed by atoms with van der Waals surface area (Å²) in [6.45, 7) is 0. The quantitative estimate of drug-likeness (QED) is 0.786. The van der Waals surface area contributed by atoms with Crippen LogP contribution in [0.2, 0.25) is 5.02 Å². The Balaban J connectivity index is 1.68. The van der Waals surface area contributed by atoms with E-state index in [9.17, 15) is 4.79 Å². The lowest BCUT2D eigenvalue weighted by atomic mass is 10.3. The molecule has 22 heavy (non-hydrogen) atoms. The maximum atomic E-state index is 12.1. The minimum absolute atomic E-state index is 0.147. The van der Waals surface area contributed by atoms with Crippen LogP contribution in [0.25, 0.3) is 10.7 Å². The predicted octanol–water partition coefficient (Wildman–Crippen LogP) is 4.04. The number of carbonyl (C=O) groups excluding carboxylic acids is 1. The highest BCUT2D eigenvalue weighted by Crippen LogP contribution is 2.23. The van der Waals surface area contributed by atoms with Crippen molar-refractivity contribution in [3.05, 3.63) is 64.8 Å². The molecule has 0 aliphatic carbocycles. The summed E-state index contributed by atoms with van der Waals surface area (Å²) >= 11 is 7.49. The van der Waals surface area contributed by atoms with E-state index in [1.807, 2.05) is 35.7 Å². The van der Waals surface area contributed by atoms with Crippen LogP contribution in [0.5, 0.6) is 0 Å². The van der Waals surface area contributed by atoms with Gasteiger partial charge < -0.3 is 5.32 Å². The Labute approximate surface area is 136 Å². The second-order valence-electron chi connectivity index (χ2n) is 4.56. The van der Waals surface area contributed by atoms with Gasteiger partial charge in [0.25, 0.3) is 0 Å². The summed E-state index contributed by atoms with van der Waals surface area (Å²) in [6.07, 6.45) is 1.93. The highest BCUT2D eigenvalue weighted by atomic mass is 35.5. The van der Waals surface area contributed by atoms with Gasteiger partial charge in [-0.15, -0.1) is 11.3 Å². The number of nitrogens with one attached hydrogen (secondary N) is 1. The number of amides is 1. The van der Waals surface area contributed by atoms with Crippen LogP contribution in [-0.2, 0) is 11.2 Å². The number of para-hydroxylation sites is 1. The molecule has 2 aromatic heterocycles. The van der Waals surface area contributed by atoms with Crippen LogP contribution in [-0.4, -0.2) is 15.9 Å². The van der Waals surface area contributed by atoms with Gasteiger partial charge in [0, 0.05) is 11.6 Å². The molecule has 1 amide bonds. The van der Waals surface area contributed by atoms with Crippen molar-refractivity contribution >= 4 is 34.5 Å². The van der Waals surface area contributed by atoms with Crippen LogP contribution in [0.4, 0.5) is 5.69 Å². The number of nitrogens with zero attached hydrogens (tertiary/aromatic N) is 2. The zero-order valence-electron chi connectivity index (χ0n) is 11.5. The highest BCUT2D eigenvalue weighted by molar-refractivity contribution is 7.13. The van der Waals surface area contributed by atoms with E-state index in [0.29, 0.717) is 10.7 Å². The molecule has 4 nitrogen and oxygen atoms in total. The van der Waals surface area contributed by atoms with E-state index in [1.54, 1.807) is 18.3 Å². The molecule has 6 heteroatoms. The highest BCUT2D eigenvalue weighted by Gasteiger charge is 2.10. The van der Waals surface area contributed by atoms with Crippen molar-refractivity contribution in [3.8, 4) is 10.7 Å². The van der Waals surface area contributed by atoms with Crippen molar-refractivity contribution in [2.45, 2.75) is 6.42 Å². The molecule has 3 aromatic rings. The fraction of sp³-hybridized carbons (Fsp3) is 0.0625. The lowest BCUT2D eigenvalue weighted by Crippen LogP contribution is -2.14. The second-order valence-corrected chi connectivity index (χ2v) is 5.83. The minimum Gasteiger partial charge on any atom is -0.324 e. The molecule has 0 saturated heterocycles. The Bertz CT molecular complexity index is 789. The average Bonchev–Trinajstić information content (AvgIpc) is 2.99. The summed E-state index contributed by atoms with van der Waals surface area (Å²) in [5.74, 6) is -0.147. The fourth-order valence-corrected chi connectivity index (χ4v) is 2.89. The third-order valence-corrected chi connectivity index (χ3v) is 4.17. The number of aromatic nitrogens is 2. The zero-order chi connectivity index (χ0) is 15.4. The summed E-state index contributed by atoms with van der Waals surface area (Å²) in [7, 11) is 0. The van der Waals surface area contributed by atoms with Gasteiger partial charge in [-0.1, -0.05) is 29.8 Å². The number of benzene rings is 1. The molecular formula is C16H12ClN3OS. The summed E-state index contributed by atoms with van der Waals surface area (Å²) in [5.41, 5.74) is 2.13. The van der Waals surface area contributed by atoms with Gasteiger partial charge in [-0.05, 0) is 24.3 Å². The monoisotopic (exact) mass is 329 g/mol. The Morgan fingerprint density at radius 3 is 2.77 bits per heavy atom. The van der Waals surface area contributed by atoms with E-state index < -0.39 is 0 Å². The van der Waals surface area contributed by atoms with E-state index in [-0.39, 0.29) is 12.3 Å². The van der Waals surface area contributed by atoms with Crippen molar-refractivity contribution in [1.29, 1.82) is 0 Å². The van der Waals surface area contributed by atoms with Crippen LogP contribution in [0, 0.1) is 0 Å². The summed E-state index contributed by atoms with van der Waals surface area (Å²) in [6, 6.07) is 12.8. The van der Waals surface area contributed by atoms with Gasteiger partial charge in [0.15, 0.2) is 0 Å². The number of hydrogen-bond acceptors (Lipinski definition) is 4. The second kappa shape index (κ2) is 6.68. The largest absolute Gasteiger partial charge is 0.324 e. The van der Waals surface area contributed by atoms with Crippen LogP contribution in [0.1, 0.15) is 5.69 Å². The van der Waals surface area contributed by atoms with Crippen molar-refractivity contribution in [2.24, 2.45) is 0 Å². The molecule has 1 aromatic carbocycles. The van der Waals surface area contributed by atoms with E-state index in [2.05, 4.69) is 15.3 Å². The molecule has 0 atom stereocenters. The van der Waals surface area contributed by atoms with Crippen molar-refractivity contribution in [2.75, 3.05) is 5.32 Å². The Morgan fingerprint density at radius 2 is 2.00 bits per heavy atom. The van der Waals surface area contributed by atoms with Crippen LogP contribution < -0.4 is 5.32 Å². The molecule has 0 spiro atoms. The average molecular weight is 330 g/mol. The molecule has 0 aliphatic rings. The number of halogens is 1. The number of anilines is 1. The first-order valence-electron chi connectivity index (χ1n) is 6.62. The first-order chi connectivity index (χ1) is 10.7. The number of hydrogen-bond donors (Lipinski definition) is 1. The SMILES string of the molecule is O=C(Cc1csc(-c2ccccn2)n1)Nc1ccccc1Cl. The van der Waals surface area contributed by atoms with Gasteiger partial charge >= 0.3 is 0 Å². The van der Waals surface area contributed by atoms with Gasteiger partial charge in [-0.2, -0.15) is 0 Å². The molecule has 110 valence electrons. The summed E-state index contributed by atoms with van der Waals surface area (Å²) in [4.78, 5) is 20.8. The molecule has 0 bridgehead atoms. The topological polar surface area (TPSA) is 54.9 Å². The van der Waals surface area contributed by atoms with E-state index in [1.165, 1.54) is 11.3 Å². The van der Waals surface area contributed by atoms with Gasteiger partial charge in [-0.25, -0.2) is 4.98 Å². The third kappa shape index (κ3) is 3.50. The molecule has 1 N–H and O–H groups in total. The van der Waals surface area contributed by atoms with Crippen LogP contribution >= 0.6 is 22.9 Å². The lowest BCUT2D eigenvalue weighted by Gasteiger charge is -2.05. The maximum Gasteiger partial charge on any atom is 0.230 e. The Morgan fingerprint density at radius 1 is 1.18 bits per heavy atom. The standard InChI is InChI=1S/C16H12ClN3OS/c17-12-5-1-2-6-13(12)20-15(21)9-11-10-22-16(19-11)14-7-3-4-8-18-14/h1-8,10H,9H2,(H,20,21). The number of rotatable bonds is 4. The molecule has 3 rings (SSSR count). The van der Waals surface area contributed by atoms with Crippen molar-refractivity contribution in [1.82, 2.24) is 9.97 Å². The zero-order valence-corrected chi connectivity index (χ0v) is 13.1. The predicted molar refractivity (Wildman–Crippen MR) is 89.1 cm³/mol. The van der Waals surface area contributed by atoms with Gasteiger partial charge in [0.05, 0.1) is 28.5 Å². The van der Waals surface area contributed by atoms with Crippen molar-refractivity contribution < 1.29 is 4.79 Å². The van der Waals surface area contributed by atoms with Gasteiger partial charge in [-0.3, -0.25) is 9.78 Å². The molecule has 0 saturated carbocycles. The molecule has 0 radical (unpaired) electrons. The number of pyridine rings is 1. The van der Waals surface area contributed by atoms with Crippen LogP contribution in [0.3, 0.4) is 0 Å². The lowest BCUT2D eigenvalue weighted by molar-refractivity contribution is -0.115. The summed E-state index contributed by atoms with van der Waals surface area (Å²) < 4.78 is 0. The molecule has 0 aliphatic heterocycles. The Hall–Kier alpha value is -2.24. The normalized spacial score (nSPS) is 10.4. The minimum atomic E-state index is -0.147. The molecule has 2 heterocycles. The Kier molecular flexibility index (Phi) is 4.46. The number of carbonyl (C=O) groups is 1. The molecule has 0 fully saturated rings. The third-order valence-electron chi connectivity index (χ3n) is 2.93. The summed E-state index contributed by atoms with van der Waals surface area (Å²) in [5, 5.41) is 5.98. The first kappa shape index (κ1) is 14.7. The smallest absolute Gasteiger partial charge is 0.230 e. The van der Waals surface area contributed by atoms with Gasteiger partial charge in [0.2, 0.25) is 5.91 Å². The van der Waals surface area contributed by atoms with E-state index in [0.717, 1.165) is 16.4 Å².